The number of hydrogen-bond donors (Lipinski definition) is 2. The fourth-order valence-corrected chi connectivity index (χ4v) is 2.56. The zero-order chi connectivity index (χ0) is 15.4. The number of hydrogen-bond acceptors (Lipinski definition) is 3. The molecular weight excluding hydrogens is 276 g/mol. The van der Waals surface area contributed by atoms with Gasteiger partial charge in [-0.3, -0.25) is 10.2 Å². The number of amides is 1. The summed E-state index contributed by atoms with van der Waals surface area (Å²) in [6, 6.07) is 12.1. The van der Waals surface area contributed by atoms with E-state index in [-0.39, 0.29) is 5.91 Å². The summed E-state index contributed by atoms with van der Waals surface area (Å²) in [6.07, 6.45) is 4.10. The first kappa shape index (κ1) is 14.6. The first-order chi connectivity index (χ1) is 10.8. The van der Waals surface area contributed by atoms with Gasteiger partial charge in [0.2, 0.25) is 0 Å². The molecule has 1 aliphatic heterocycles. The lowest BCUT2D eigenvalue weighted by molar-refractivity contribution is -0.116. The van der Waals surface area contributed by atoms with Crippen LogP contribution in [-0.4, -0.2) is 19.1 Å². The van der Waals surface area contributed by atoms with Crippen LogP contribution in [0.15, 0.2) is 42.0 Å². The van der Waals surface area contributed by atoms with E-state index in [9.17, 15) is 4.79 Å². The Morgan fingerprint density at radius 3 is 2.73 bits per heavy atom. The summed E-state index contributed by atoms with van der Waals surface area (Å²) < 4.78 is 5.89. The molecule has 0 aromatic heterocycles. The Morgan fingerprint density at radius 2 is 2.00 bits per heavy atom. The van der Waals surface area contributed by atoms with E-state index in [0.29, 0.717) is 6.54 Å². The Morgan fingerprint density at radius 1 is 1.18 bits per heavy atom. The van der Waals surface area contributed by atoms with E-state index in [1.54, 1.807) is 0 Å². The van der Waals surface area contributed by atoms with Gasteiger partial charge in [-0.1, -0.05) is 43.7 Å². The molecule has 1 heterocycles. The highest BCUT2D eigenvalue weighted by molar-refractivity contribution is 6.03. The number of rotatable bonds is 5. The molecule has 1 saturated heterocycles. The van der Waals surface area contributed by atoms with E-state index in [4.69, 9.17) is 4.74 Å². The summed E-state index contributed by atoms with van der Waals surface area (Å²) in [7, 11) is 0. The van der Waals surface area contributed by atoms with Crippen LogP contribution < -0.4 is 15.6 Å². The maximum Gasteiger partial charge on any atom is 0.262 e. The monoisotopic (exact) mass is 296 g/mol. The third kappa shape index (κ3) is 2.97. The Kier molecular flexibility index (Phi) is 4.39. The fraction of sp³-hybridized carbons (Fsp3) is 0.278. The van der Waals surface area contributed by atoms with Gasteiger partial charge >= 0.3 is 0 Å². The van der Waals surface area contributed by atoms with E-state index in [1.807, 2.05) is 30.3 Å². The summed E-state index contributed by atoms with van der Waals surface area (Å²) in [5.74, 6) is 0.840. The number of fused-ring (bicyclic) bond motifs is 1. The summed E-state index contributed by atoms with van der Waals surface area (Å²) in [4.78, 5) is 11.7. The molecule has 0 spiro atoms. The van der Waals surface area contributed by atoms with Gasteiger partial charge in [0, 0.05) is 17.5 Å². The third-order valence-corrected chi connectivity index (χ3v) is 3.78. The van der Waals surface area contributed by atoms with Crippen LogP contribution in [0, 0.1) is 0 Å². The van der Waals surface area contributed by atoms with Crippen LogP contribution >= 0.6 is 0 Å². The fourth-order valence-electron chi connectivity index (χ4n) is 2.56. The van der Waals surface area contributed by atoms with Gasteiger partial charge in [-0.2, -0.15) is 0 Å². The third-order valence-electron chi connectivity index (χ3n) is 3.78. The Labute approximate surface area is 130 Å². The second-order valence-corrected chi connectivity index (χ2v) is 5.38. The minimum atomic E-state index is -0.0626. The second-order valence-electron chi connectivity index (χ2n) is 5.38. The second kappa shape index (κ2) is 6.62. The number of hydrazine groups is 1. The van der Waals surface area contributed by atoms with Crippen LogP contribution in [0.5, 0.6) is 5.75 Å². The molecule has 2 N–H and O–H groups in total. The van der Waals surface area contributed by atoms with Gasteiger partial charge in [0.1, 0.15) is 5.75 Å². The molecule has 0 bridgehead atoms. The van der Waals surface area contributed by atoms with Gasteiger partial charge in [-0.05, 0) is 29.5 Å². The molecule has 4 nitrogen and oxygen atoms in total. The lowest BCUT2D eigenvalue weighted by Gasteiger charge is -2.11. The topological polar surface area (TPSA) is 50.4 Å². The van der Waals surface area contributed by atoms with Crippen molar-refractivity contribution in [3.63, 3.8) is 0 Å². The van der Waals surface area contributed by atoms with E-state index < -0.39 is 0 Å². The van der Waals surface area contributed by atoms with Gasteiger partial charge in [0.05, 0.1) is 6.61 Å². The van der Waals surface area contributed by atoms with E-state index in [0.717, 1.165) is 47.1 Å². The molecular formula is C18H20N2O2. The van der Waals surface area contributed by atoms with Crippen LogP contribution in [0.25, 0.3) is 16.8 Å². The lowest BCUT2D eigenvalue weighted by atomic mass is 10.0. The summed E-state index contributed by atoms with van der Waals surface area (Å²) in [5.41, 5.74) is 7.22. The highest BCUT2D eigenvalue weighted by atomic mass is 16.5. The molecule has 2 aromatic carbocycles. The molecule has 0 unspecified atom stereocenters. The van der Waals surface area contributed by atoms with E-state index >= 15 is 0 Å². The molecule has 1 fully saturated rings. The van der Waals surface area contributed by atoms with Crippen molar-refractivity contribution in [3.8, 4) is 5.75 Å². The maximum absolute atomic E-state index is 11.7. The Bertz CT molecular complexity index is 722. The maximum atomic E-state index is 11.7. The average molecular weight is 296 g/mol. The van der Waals surface area contributed by atoms with Gasteiger partial charge in [-0.25, -0.2) is 5.43 Å². The predicted molar refractivity (Wildman–Crippen MR) is 88.5 cm³/mol. The number of benzene rings is 2. The number of carbonyl (C=O) groups excluding carboxylic acids is 1. The summed E-state index contributed by atoms with van der Waals surface area (Å²) in [6.45, 7) is 3.42. The molecule has 1 amide bonds. The SMILES string of the molecule is CCCCOc1ccc(/C=C2\CNNC2=O)c2ccccc12. The molecule has 0 atom stereocenters. The quantitative estimate of drug-likeness (QED) is 0.658. The molecule has 0 saturated carbocycles. The van der Waals surface area contributed by atoms with Gasteiger partial charge in [0.25, 0.3) is 5.91 Å². The molecule has 114 valence electrons. The normalized spacial score (nSPS) is 16.2. The molecule has 1 aliphatic rings. The molecule has 0 aliphatic carbocycles. The molecule has 3 rings (SSSR count). The number of nitrogens with one attached hydrogen (secondary N) is 2. The van der Waals surface area contributed by atoms with Crippen molar-refractivity contribution in [2.45, 2.75) is 19.8 Å². The molecule has 4 heteroatoms. The highest BCUT2D eigenvalue weighted by Crippen LogP contribution is 2.30. The van der Waals surface area contributed by atoms with Crippen molar-refractivity contribution in [2.24, 2.45) is 0 Å². The number of carbonyl (C=O) groups is 1. The molecule has 22 heavy (non-hydrogen) atoms. The minimum absolute atomic E-state index is 0.0626. The summed E-state index contributed by atoms with van der Waals surface area (Å²) in [5, 5.41) is 2.18. The van der Waals surface area contributed by atoms with Crippen LogP contribution in [0.3, 0.4) is 0 Å². The van der Waals surface area contributed by atoms with Gasteiger partial charge < -0.3 is 4.74 Å². The molecule has 0 radical (unpaired) electrons. The molecule has 2 aromatic rings. The largest absolute Gasteiger partial charge is 0.493 e. The Hall–Kier alpha value is -2.33. The van der Waals surface area contributed by atoms with Crippen molar-refractivity contribution in [2.75, 3.05) is 13.2 Å². The van der Waals surface area contributed by atoms with Crippen molar-refractivity contribution in [1.29, 1.82) is 0 Å². The first-order valence-electron chi connectivity index (χ1n) is 7.68. The highest BCUT2D eigenvalue weighted by Gasteiger charge is 2.16. The van der Waals surface area contributed by atoms with Crippen LogP contribution in [0.2, 0.25) is 0 Å². The minimum Gasteiger partial charge on any atom is -0.493 e. The van der Waals surface area contributed by atoms with Crippen LogP contribution in [-0.2, 0) is 4.79 Å². The van der Waals surface area contributed by atoms with Crippen molar-refractivity contribution in [3.05, 3.63) is 47.5 Å². The van der Waals surface area contributed by atoms with Crippen LogP contribution in [0.4, 0.5) is 0 Å². The van der Waals surface area contributed by atoms with Crippen molar-refractivity contribution in [1.82, 2.24) is 10.9 Å². The van der Waals surface area contributed by atoms with Crippen molar-refractivity contribution < 1.29 is 9.53 Å². The van der Waals surface area contributed by atoms with Gasteiger partial charge in [-0.15, -0.1) is 0 Å². The average Bonchev–Trinajstić information content (AvgIpc) is 2.94. The van der Waals surface area contributed by atoms with Crippen molar-refractivity contribution >= 4 is 22.8 Å². The van der Waals surface area contributed by atoms with Gasteiger partial charge in [0.15, 0.2) is 0 Å². The van der Waals surface area contributed by atoms with E-state index in [2.05, 4.69) is 29.9 Å². The smallest absolute Gasteiger partial charge is 0.262 e. The summed E-state index contributed by atoms with van der Waals surface area (Å²) >= 11 is 0. The lowest BCUT2D eigenvalue weighted by Crippen LogP contribution is -2.25. The zero-order valence-corrected chi connectivity index (χ0v) is 12.7. The Balaban J connectivity index is 1.99. The first-order valence-corrected chi connectivity index (χ1v) is 7.68. The number of ether oxygens (including phenoxy) is 1. The van der Waals surface area contributed by atoms with Crippen LogP contribution in [0.1, 0.15) is 25.3 Å². The van der Waals surface area contributed by atoms with E-state index in [1.165, 1.54) is 0 Å². The predicted octanol–water partition coefficient (Wildman–Crippen LogP) is 3.04. The number of unbranched alkanes of at least 4 members (excludes halogenated alkanes) is 1. The zero-order valence-electron chi connectivity index (χ0n) is 12.7. The standard InChI is InChI=1S/C18H20N2O2/c1-2-3-10-22-17-9-8-13(11-14-12-19-20-18(14)21)15-6-4-5-7-16(15)17/h4-9,11,19H,2-3,10,12H2,1H3,(H,20,21)/b14-11+.